The van der Waals surface area contributed by atoms with Crippen LogP contribution in [0.3, 0.4) is 0 Å². The summed E-state index contributed by atoms with van der Waals surface area (Å²) in [5.74, 6) is -2.09. The van der Waals surface area contributed by atoms with Gasteiger partial charge < -0.3 is 14.8 Å². The molecule has 0 aliphatic rings. The minimum absolute atomic E-state index is 0.0466. The van der Waals surface area contributed by atoms with Crippen LogP contribution in [0, 0.1) is 11.6 Å². The molecule has 0 aliphatic carbocycles. The third-order valence-corrected chi connectivity index (χ3v) is 8.80. The van der Waals surface area contributed by atoms with Crippen LogP contribution in [0.5, 0.6) is 0 Å². The molecule has 0 atom stereocenters. The molecule has 0 fully saturated rings. The van der Waals surface area contributed by atoms with Crippen molar-refractivity contribution in [3.63, 3.8) is 0 Å². The summed E-state index contributed by atoms with van der Waals surface area (Å²) in [6, 6.07) is 24.5. The summed E-state index contributed by atoms with van der Waals surface area (Å²) in [5.41, 5.74) is 1.92. The Hall–Kier alpha value is -4.48. The molecule has 1 aromatic heterocycles. The van der Waals surface area contributed by atoms with Crippen LogP contribution in [0.4, 0.5) is 22.0 Å². The van der Waals surface area contributed by atoms with E-state index in [1.54, 1.807) is 45.9 Å². The van der Waals surface area contributed by atoms with Gasteiger partial charge in [-0.2, -0.15) is 13.2 Å². The molecule has 0 bridgehead atoms. The Morgan fingerprint density at radius 1 is 0.894 bits per heavy atom. The van der Waals surface area contributed by atoms with Gasteiger partial charge in [0.25, 0.3) is 0 Å². The summed E-state index contributed by atoms with van der Waals surface area (Å²) in [7, 11) is 0. The number of rotatable bonds is 12. The molecule has 5 aromatic rings. The van der Waals surface area contributed by atoms with Crippen molar-refractivity contribution in [2.45, 2.75) is 37.0 Å². The minimum Gasteiger partial charge on any atom is -0.336 e. The molecular formula is C36H32F5N3O2S. The van der Waals surface area contributed by atoms with Gasteiger partial charge in [0.15, 0.2) is 17.1 Å². The first-order valence-corrected chi connectivity index (χ1v) is 16.0. The number of likely N-dealkylation sites (N-methyl/N-ethyl adjacent to an activating group) is 1. The molecule has 4 aromatic carbocycles. The highest BCUT2D eigenvalue weighted by Crippen LogP contribution is 2.31. The van der Waals surface area contributed by atoms with Crippen molar-refractivity contribution in [1.29, 1.82) is 0 Å². The van der Waals surface area contributed by atoms with Gasteiger partial charge in [0.2, 0.25) is 5.91 Å². The van der Waals surface area contributed by atoms with Crippen molar-refractivity contribution in [3.05, 3.63) is 136 Å². The Balaban J connectivity index is 1.40. The van der Waals surface area contributed by atoms with Crippen LogP contribution in [0.15, 0.2) is 107 Å². The van der Waals surface area contributed by atoms with Crippen LogP contribution in [0.2, 0.25) is 0 Å². The molecular weight excluding hydrogens is 633 g/mol. The molecule has 244 valence electrons. The highest BCUT2D eigenvalue weighted by Gasteiger charge is 2.30. The number of alkyl halides is 3. The van der Waals surface area contributed by atoms with E-state index >= 15 is 0 Å². The number of para-hydroxylation sites is 1. The van der Waals surface area contributed by atoms with Gasteiger partial charge in [-0.1, -0.05) is 67.6 Å². The van der Waals surface area contributed by atoms with Crippen LogP contribution >= 0.6 is 11.8 Å². The number of nitrogens with one attached hydrogen (secondary N) is 1. The molecule has 0 unspecified atom stereocenters. The van der Waals surface area contributed by atoms with Crippen molar-refractivity contribution < 1.29 is 26.7 Å². The lowest BCUT2D eigenvalue weighted by Gasteiger charge is -2.25. The molecule has 47 heavy (non-hydrogen) atoms. The first-order valence-electron chi connectivity index (χ1n) is 15.0. The van der Waals surface area contributed by atoms with Crippen molar-refractivity contribution in [1.82, 2.24) is 14.8 Å². The Bertz CT molecular complexity index is 1910. The molecule has 0 saturated heterocycles. The van der Waals surface area contributed by atoms with Crippen LogP contribution in [-0.4, -0.2) is 35.0 Å². The van der Waals surface area contributed by atoms with Gasteiger partial charge in [-0.25, -0.2) is 8.78 Å². The van der Waals surface area contributed by atoms with E-state index in [0.29, 0.717) is 41.1 Å². The Labute approximate surface area is 273 Å². The van der Waals surface area contributed by atoms with Crippen molar-refractivity contribution in [3.8, 4) is 11.1 Å². The molecule has 5 nitrogen and oxygen atoms in total. The zero-order chi connectivity index (χ0) is 33.6. The average molecular weight is 666 g/mol. The average Bonchev–Trinajstić information content (AvgIpc) is 3.06. The topological polar surface area (TPSA) is 54.3 Å². The van der Waals surface area contributed by atoms with E-state index in [1.165, 1.54) is 30.3 Å². The number of fused-ring (bicyclic) bond motifs is 1. The molecule has 0 saturated carbocycles. The predicted octanol–water partition coefficient (Wildman–Crippen LogP) is 7.90. The number of carbonyl (C=O) groups excluding carboxylic acids is 1. The van der Waals surface area contributed by atoms with Gasteiger partial charge in [-0.15, -0.1) is 11.8 Å². The first-order chi connectivity index (χ1) is 22.5. The van der Waals surface area contributed by atoms with E-state index in [1.807, 2.05) is 19.1 Å². The monoisotopic (exact) mass is 665 g/mol. The summed E-state index contributed by atoms with van der Waals surface area (Å²) in [5, 5.41) is 4.11. The summed E-state index contributed by atoms with van der Waals surface area (Å²) >= 11 is 1.14. The van der Waals surface area contributed by atoms with E-state index < -0.39 is 23.4 Å². The Kier molecular flexibility index (Phi) is 10.8. The molecule has 5 rings (SSSR count). The molecule has 0 radical (unpaired) electrons. The number of carbonyl (C=O) groups is 1. The van der Waals surface area contributed by atoms with Crippen LogP contribution in [-0.2, 0) is 29.8 Å². The number of hydrogen-bond acceptors (Lipinski definition) is 4. The maximum Gasteiger partial charge on any atom is 0.416 e. The number of benzene rings is 4. The maximum atomic E-state index is 14.4. The van der Waals surface area contributed by atoms with Crippen LogP contribution in [0.25, 0.3) is 22.0 Å². The van der Waals surface area contributed by atoms with Crippen molar-refractivity contribution in [2.75, 3.05) is 19.6 Å². The predicted molar refractivity (Wildman–Crippen MR) is 175 cm³/mol. The SMILES string of the molecule is CCNCCN(Cc1ccc(-c2ccc(C(F)(F)F)cc2)cc1)C(=O)Cn1c(SCc2cccc(F)c2F)cc(=O)c2ccccc21. The van der Waals surface area contributed by atoms with Gasteiger partial charge in [0.1, 0.15) is 6.54 Å². The summed E-state index contributed by atoms with van der Waals surface area (Å²) in [6.07, 6.45) is -4.41. The lowest BCUT2D eigenvalue weighted by molar-refractivity contribution is -0.137. The van der Waals surface area contributed by atoms with Gasteiger partial charge >= 0.3 is 6.18 Å². The van der Waals surface area contributed by atoms with Gasteiger partial charge in [-0.3, -0.25) is 9.59 Å². The first kappa shape index (κ1) is 33.9. The fraction of sp³-hybridized carbons (Fsp3) is 0.222. The second kappa shape index (κ2) is 15.0. The smallest absolute Gasteiger partial charge is 0.336 e. The third-order valence-electron chi connectivity index (χ3n) is 7.72. The number of halogens is 5. The van der Waals surface area contributed by atoms with E-state index in [4.69, 9.17) is 0 Å². The second-order valence-corrected chi connectivity index (χ2v) is 11.9. The molecule has 0 aliphatic heterocycles. The van der Waals surface area contributed by atoms with E-state index in [0.717, 1.165) is 41.1 Å². The highest BCUT2D eigenvalue weighted by atomic mass is 32.2. The lowest BCUT2D eigenvalue weighted by Crippen LogP contribution is -2.38. The molecule has 0 spiro atoms. The third kappa shape index (κ3) is 8.28. The standard InChI is InChI=1S/C36H32F5N3O2S/c1-2-42-18-19-43(21-24-10-12-25(13-11-24)26-14-16-28(17-15-26)36(39,40)41)33(46)22-44-31-9-4-3-7-29(31)32(45)20-34(44)47-23-27-6-5-8-30(37)35(27)38/h3-17,20,42H,2,18-19,21-23H2,1H3. The summed E-state index contributed by atoms with van der Waals surface area (Å²) < 4.78 is 69.0. The molecule has 1 N–H and O–H groups in total. The number of aromatic nitrogens is 1. The number of pyridine rings is 1. The second-order valence-electron chi connectivity index (χ2n) is 10.9. The number of nitrogens with zero attached hydrogens (tertiary/aromatic N) is 2. The van der Waals surface area contributed by atoms with E-state index in [-0.39, 0.29) is 35.7 Å². The number of thioether (sulfide) groups is 1. The minimum atomic E-state index is -4.41. The number of amides is 1. The highest BCUT2D eigenvalue weighted by molar-refractivity contribution is 7.98. The Morgan fingerprint density at radius 3 is 2.26 bits per heavy atom. The normalized spacial score (nSPS) is 11.6. The van der Waals surface area contributed by atoms with Gasteiger partial charge in [-0.05, 0) is 53.6 Å². The van der Waals surface area contributed by atoms with Gasteiger partial charge in [0, 0.05) is 42.4 Å². The van der Waals surface area contributed by atoms with E-state index in [2.05, 4.69) is 5.32 Å². The number of hydrogen-bond donors (Lipinski definition) is 1. The summed E-state index contributed by atoms with van der Waals surface area (Å²) in [6.45, 7) is 3.77. The zero-order valence-electron chi connectivity index (χ0n) is 25.5. The van der Waals surface area contributed by atoms with Crippen molar-refractivity contribution >= 4 is 28.6 Å². The zero-order valence-corrected chi connectivity index (χ0v) is 26.3. The van der Waals surface area contributed by atoms with E-state index in [9.17, 15) is 31.5 Å². The van der Waals surface area contributed by atoms with Crippen LogP contribution in [0.1, 0.15) is 23.6 Å². The fourth-order valence-corrected chi connectivity index (χ4v) is 6.23. The van der Waals surface area contributed by atoms with Crippen LogP contribution < -0.4 is 10.7 Å². The summed E-state index contributed by atoms with van der Waals surface area (Å²) in [4.78, 5) is 28.6. The molecule has 1 amide bonds. The van der Waals surface area contributed by atoms with Crippen molar-refractivity contribution in [2.24, 2.45) is 0 Å². The maximum absolute atomic E-state index is 14.4. The van der Waals surface area contributed by atoms with Gasteiger partial charge in [0.05, 0.1) is 16.1 Å². The lowest BCUT2D eigenvalue weighted by atomic mass is 10.0. The largest absolute Gasteiger partial charge is 0.416 e. The quantitative estimate of drug-likeness (QED) is 0.0837. The fourth-order valence-electron chi connectivity index (χ4n) is 5.19. The molecule has 1 heterocycles. The molecule has 11 heteroatoms. The Morgan fingerprint density at radius 2 is 1.57 bits per heavy atom.